The molecule has 0 aliphatic heterocycles. The summed E-state index contributed by atoms with van der Waals surface area (Å²) in [6.07, 6.45) is 12.3. The van der Waals surface area contributed by atoms with E-state index in [2.05, 4.69) is 16.9 Å². The van der Waals surface area contributed by atoms with E-state index in [9.17, 15) is 4.79 Å². The van der Waals surface area contributed by atoms with Gasteiger partial charge in [-0.25, -0.2) is 14.8 Å². The Morgan fingerprint density at radius 2 is 2.10 bits per heavy atom. The molecule has 0 bridgehead atoms. The van der Waals surface area contributed by atoms with Gasteiger partial charge in [0, 0.05) is 30.0 Å². The first kappa shape index (κ1) is 17.5. The van der Waals surface area contributed by atoms with Crippen LogP contribution < -0.4 is 5.69 Å². The number of H-pyrrole nitrogens is 1. The molecule has 30 heavy (non-hydrogen) atoms. The predicted octanol–water partition coefficient (Wildman–Crippen LogP) is 4.13. The Labute approximate surface area is 173 Å². The van der Waals surface area contributed by atoms with Crippen molar-refractivity contribution in [1.82, 2.24) is 28.5 Å². The van der Waals surface area contributed by atoms with Gasteiger partial charge in [-0.3, -0.25) is 9.13 Å². The normalized spacial score (nSPS) is 19.9. The van der Waals surface area contributed by atoms with E-state index in [-0.39, 0.29) is 11.7 Å². The molecule has 1 aliphatic rings. The Kier molecular flexibility index (Phi) is 3.84. The molecule has 1 fully saturated rings. The van der Waals surface area contributed by atoms with Crippen LogP contribution >= 0.6 is 0 Å². The zero-order chi connectivity index (χ0) is 20.2. The lowest BCUT2D eigenvalue weighted by molar-refractivity contribution is 0.256. The van der Waals surface area contributed by atoms with Gasteiger partial charge in [0.2, 0.25) is 0 Å². The van der Waals surface area contributed by atoms with Crippen molar-refractivity contribution in [3.8, 4) is 0 Å². The van der Waals surface area contributed by atoms with E-state index in [1.54, 1.807) is 0 Å². The summed E-state index contributed by atoms with van der Waals surface area (Å²) in [5.74, 6) is 0.479. The Hall–Kier alpha value is -3.35. The molecule has 1 aliphatic carbocycles. The van der Waals surface area contributed by atoms with Crippen LogP contribution in [-0.4, -0.2) is 28.5 Å². The average molecular weight is 400 g/mol. The van der Waals surface area contributed by atoms with Gasteiger partial charge >= 0.3 is 5.69 Å². The van der Waals surface area contributed by atoms with Crippen molar-refractivity contribution in [3.63, 3.8) is 0 Å². The number of hydrogen-bond acceptors (Lipinski definition) is 3. The number of nitrogens with zero attached hydrogens (tertiary/aromatic N) is 5. The number of hydrogen-bond donors (Lipinski definition) is 1. The van der Waals surface area contributed by atoms with Crippen LogP contribution in [0.15, 0.2) is 53.8 Å². The lowest BCUT2D eigenvalue weighted by Gasteiger charge is -2.29. The lowest BCUT2D eigenvalue weighted by Crippen LogP contribution is -2.32. The maximum absolute atomic E-state index is 13.8. The quantitative estimate of drug-likeness (QED) is 0.495. The minimum atomic E-state index is 0.0382. The van der Waals surface area contributed by atoms with Gasteiger partial charge in [-0.15, -0.1) is 0 Å². The smallest absolute Gasteiger partial charge is 0.329 e. The van der Waals surface area contributed by atoms with Crippen LogP contribution in [0.5, 0.6) is 0 Å². The van der Waals surface area contributed by atoms with Gasteiger partial charge in [0.25, 0.3) is 0 Å². The average Bonchev–Trinajstić information content (AvgIpc) is 3.45. The molecule has 0 spiro atoms. The largest absolute Gasteiger partial charge is 0.346 e. The van der Waals surface area contributed by atoms with E-state index < -0.39 is 0 Å². The van der Waals surface area contributed by atoms with Crippen molar-refractivity contribution in [2.24, 2.45) is 5.92 Å². The highest BCUT2D eigenvalue weighted by atomic mass is 16.1. The summed E-state index contributed by atoms with van der Waals surface area (Å²) in [7, 11) is 0. The van der Waals surface area contributed by atoms with Crippen LogP contribution in [0.4, 0.5) is 0 Å². The fourth-order valence-corrected chi connectivity index (χ4v) is 5.13. The van der Waals surface area contributed by atoms with E-state index in [0.717, 1.165) is 46.2 Å². The van der Waals surface area contributed by atoms with Gasteiger partial charge in [-0.2, -0.15) is 0 Å². The van der Waals surface area contributed by atoms with E-state index >= 15 is 0 Å². The molecule has 0 aromatic carbocycles. The lowest BCUT2D eigenvalue weighted by atomic mass is 9.85. The number of aromatic nitrogens is 6. The molecule has 2 atom stereocenters. The minimum Gasteiger partial charge on any atom is -0.346 e. The first-order valence-corrected chi connectivity index (χ1v) is 10.7. The molecule has 7 heteroatoms. The molecule has 152 valence electrons. The number of fused-ring (bicyclic) bond motifs is 4. The molecule has 0 unspecified atom stereocenters. The Morgan fingerprint density at radius 3 is 2.97 bits per heavy atom. The first-order chi connectivity index (χ1) is 14.7. The SMILES string of the molecule is C[C@@H]1CCCC[C@@H]1n1c(=O)n(Cc2cn3ccccc3n2)c2cnc3[nH]ccc3c21. The van der Waals surface area contributed by atoms with Crippen molar-refractivity contribution < 1.29 is 0 Å². The fourth-order valence-electron chi connectivity index (χ4n) is 5.13. The maximum atomic E-state index is 13.8. The van der Waals surface area contributed by atoms with Crippen molar-refractivity contribution >= 4 is 27.7 Å². The monoisotopic (exact) mass is 400 g/mol. The summed E-state index contributed by atoms with van der Waals surface area (Å²) < 4.78 is 5.88. The van der Waals surface area contributed by atoms with Crippen LogP contribution in [0, 0.1) is 5.92 Å². The van der Waals surface area contributed by atoms with Crippen molar-refractivity contribution in [2.45, 2.75) is 45.2 Å². The molecular formula is C23H24N6O. The van der Waals surface area contributed by atoms with Gasteiger partial charge in [0.15, 0.2) is 0 Å². The summed E-state index contributed by atoms with van der Waals surface area (Å²) >= 11 is 0. The van der Waals surface area contributed by atoms with E-state index in [4.69, 9.17) is 4.98 Å². The van der Waals surface area contributed by atoms with Gasteiger partial charge in [0.1, 0.15) is 11.3 Å². The van der Waals surface area contributed by atoms with Crippen LogP contribution in [0.2, 0.25) is 0 Å². The van der Waals surface area contributed by atoms with Gasteiger partial charge in [0.05, 0.1) is 29.5 Å². The Bertz CT molecular complexity index is 1400. The highest BCUT2D eigenvalue weighted by Crippen LogP contribution is 2.36. The van der Waals surface area contributed by atoms with Crippen molar-refractivity contribution in [3.05, 3.63) is 65.2 Å². The third kappa shape index (κ3) is 2.54. The molecule has 7 nitrogen and oxygen atoms in total. The molecule has 0 amide bonds. The molecule has 1 saturated carbocycles. The van der Waals surface area contributed by atoms with Gasteiger partial charge < -0.3 is 9.38 Å². The van der Waals surface area contributed by atoms with Crippen molar-refractivity contribution in [2.75, 3.05) is 0 Å². The maximum Gasteiger partial charge on any atom is 0.329 e. The summed E-state index contributed by atoms with van der Waals surface area (Å²) in [6.45, 7) is 2.71. The number of imidazole rings is 2. The molecule has 0 radical (unpaired) electrons. The molecule has 5 aromatic heterocycles. The van der Waals surface area contributed by atoms with Crippen LogP contribution in [0.3, 0.4) is 0 Å². The second-order valence-electron chi connectivity index (χ2n) is 8.50. The van der Waals surface area contributed by atoms with Crippen LogP contribution in [0.25, 0.3) is 27.7 Å². The number of aromatic amines is 1. The van der Waals surface area contributed by atoms with Gasteiger partial charge in [-0.1, -0.05) is 25.8 Å². The molecule has 1 N–H and O–H groups in total. The number of nitrogens with one attached hydrogen (secondary N) is 1. The highest BCUT2D eigenvalue weighted by Gasteiger charge is 2.29. The van der Waals surface area contributed by atoms with Crippen LogP contribution in [-0.2, 0) is 6.54 Å². The first-order valence-electron chi connectivity index (χ1n) is 10.7. The molecule has 6 rings (SSSR count). The Morgan fingerprint density at radius 1 is 1.20 bits per heavy atom. The minimum absolute atomic E-state index is 0.0382. The number of rotatable bonds is 3. The second-order valence-corrected chi connectivity index (χ2v) is 8.50. The summed E-state index contributed by atoms with van der Waals surface area (Å²) in [4.78, 5) is 26.3. The van der Waals surface area contributed by atoms with Gasteiger partial charge in [-0.05, 0) is 37.0 Å². The summed E-state index contributed by atoms with van der Waals surface area (Å²) in [6, 6.07) is 8.18. The van der Waals surface area contributed by atoms with E-state index in [0.29, 0.717) is 12.5 Å². The third-order valence-corrected chi connectivity index (χ3v) is 6.64. The highest BCUT2D eigenvalue weighted by molar-refractivity contribution is 6.01. The fraction of sp³-hybridized carbons (Fsp3) is 0.348. The molecular weight excluding hydrogens is 376 g/mol. The predicted molar refractivity (Wildman–Crippen MR) is 117 cm³/mol. The van der Waals surface area contributed by atoms with E-state index in [1.807, 2.05) is 62.6 Å². The molecule has 0 saturated heterocycles. The zero-order valence-electron chi connectivity index (χ0n) is 17.0. The topological polar surface area (TPSA) is 72.9 Å². The van der Waals surface area contributed by atoms with E-state index in [1.165, 1.54) is 12.8 Å². The summed E-state index contributed by atoms with van der Waals surface area (Å²) in [5.41, 5.74) is 4.49. The standard InChI is InChI=1S/C23H24N6O/c1-15-6-2-3-7-18(15)29-21-17-9-10-24-22(17)25-12-19(21)28(23(29)30)14-16-13-27-11-5-4-8-20(27)26-16/h4-5,8-13,15,18H,2-3,6-7,14H2,1H3,(H,24,25)/t15-,18+/m1/s1. The van der Waals surface area contributed by atoms with Crippen LogP contribution in [0.1, 0.15) is 44.3 Å². The number of pyridine rings is 2. The second kappa shape index (κ2) is 6.58. The zero-order valence-corrected chi connectivity index (χ0v) is 17.0. The Balaban J connectivity index is 1.58. The van der Waals surface area contributed by atoms with Crippen molar-refractivity contribution in [1.29, 1.82) is 0 Å². The molecule has 5 heterocycles. The third-order valence-electron chi connectivity index (χ3n) is 6.64. The molecule has 5 aromatic rings. The summed E-state index contributed by atoms with van der Waals surface area (Å²) in [5, 5.41) is 1.01.